The minimum atomic E-state index is -1.53. The summed E-state index contributed by atoms with van der Waals surface area (Å²) in [6, 6.07) is 9.96. The van der Waals surface area contributed by atoms with Gasteiger partial charge in [0.05, 0.1) is 22.7 Å². The molecular formula is C22H24Cl2O9. The number of aliphatic hydroxyl groups is 3. The van der Waals surface area contributed by atoms with Crippen molar-refractivity contribution in [1.29, 1.82) is 0 Å². The molecule has 9 nitrogen and oxygen atoms in total. The first-order valence-electron chi connectivity index (χ1n) is 9.89. The number of hydrogen-bond donors (Lipinski definition) is 3. The number of benzene rings is 2. The van der Waals surface area contributed by atoms with Crippen molar-refractivity contribution in [3.05, 3.63) is 57.6 Å². The topological polar surface area (TPSA) is 124 Å². The number of carbonyl (C=O) groups is 1. The van der Waals surface area contributed by atoms with Gasteiger partial charge in [-0.25, -0.2) is 4.79 Å². The Morgan fingerprint density at radius 3 is 2.36 bits per heavy atom. The summed E-state index contributed by atoms with van der Waals surface area (Å²) in [5, 5.41) is 30.0. The Bertz CT molecular complexity index is 946. The van der Waals surface area contributed by atoms with Crippen LogP contribution in [0.5, 0.6) is 11.5 Å². The Labute approximate surface area is 200 Å². The predicted molar refractivity (Wildman–Crippen MR) is 118 cm³/mol. The van der Waals surface area contributed by atoms with Crippen LogP contribution in [0.2, 0.25) is 10.0 Å². The van der Waals surface area contributed by atoms with Gasteiger partial charge in [0, 0.05) is 7.11 Å². The highest BCUT2D eigenvalue weighted by molar-refractivity contribution is 6.37. The van der Waals surface area contributed by atoms with Crippen LogP contribution in [0.3, 0.4) is 0 Å². The zero-order valence-electron chi connectivity index (χ0n) is 17.8. The molecule has 1 heterocycles. The summed E-state index contributed by atoms with van der Waals surface area (Å²) in [5.41, 5.74) is 0.880. The van der Waals surface area contributed by atoms with Crippen LogP contribution in [-0.2, 0) is 20.8 Å². The zero-order valence-corrected chi connectivity index (χ0v) is 19.3. The predicted octanol–water partition coefficient (Wildman–Crippen LogP) is 2.19. The van der Waals surface area contributed by atoms with E-state index < -0.39 is 43.3 Å². The van der Waals surface area contributed by atoms with Gasteiger partial charge in [-0.3, -0.25) is 0 Å². The van der Waals surface area contributed by atoms with Gasteiger partial charge in [-0.2, -0.15) is 0 Å². The number of hydrogen-bond acceptors (Lipinski definition) is 9. The normalized spacial score (nSPS) is 24.9. The molecule has 0 spiro atoms. The van der Waals surface area contributed by atoms with Crippen molar-refractivity contribution in [2.45, 2.75) is 37.3 Å². The molecule has 1 saturated heterocycles. The lowest BCUT2D eigenvalue weighted by molar-refractivity contribution is -0.294. The first-order valence-corrected chi connectivity index (χ1v) is 10.6. The molecule has 0 aromatic heterocycles. The lowest BCUT2D eigenvalue weighted by Gasteiger charge is -2.39. The van der Waals surface area contributed by atoms with Gasteiger partial charge in [0.15, 0.2) is 12.0 Å². The van der Waals surface area contributed by atoms with E-state index in [4.69, 9.17) is 46.9 Å². The largest absolute Gasteiger partial charge is 0.497 e. The van der Waals surface area contributed by atoms with E-state index in [1.54, 1.807) is 19.2 Å². The third kappa shape index (κ3) is 6.07. The highest BCUT2D eigenvalue weighted by Crippen LogP contribution is 2.35. The average Bonchev–Trinajstić information content (AvgIpc) is 2.81. The lowest BCUT2D eigenvalue weighted by atomic mass is 9.99. The standard InChI is InChI=1S/C22H24Cl2O9/c1-29-13-5-3-4-11(6-13)9-31-20-14(23)7-12(8-15(20)24)21(28)32-10-16-17(25)18(26)19(27)22(30-2)33-16/h3-8,16-19,22,25-27H,9-10H2,1-2H3/t16-,17-,18+,19-,22-/m1/s1. The highest BCUT2D eigenvalue weighted by atomic mass is 35.5. The van der Waals surface area contributed by atoms with Crippen LogP contribution < -0.4 is 9.47 Å². The maximum atomic E-state index is 12.5. The van der Waals surface area contributed by atoms with Crippen LogP contribution in [0.25, 0.3) is 0 Å². The van der Waals surface area contributed by atoms with Crippen molar-refractivity contribution < 1.29 is 43.8 Å². The Morgan fingerprint density at radius 2 is 1.73 bits per heavy atom. The van der Waals surface area contributed by atoms with Crippen LogP contribution in [0.4, 0.5) is 0 Å². The second kappa shape index (κ2) is 11.3. The third-order valence-corrected chi connectivity index (χ3v) is 5.59. The fourth-order valence-electron chi connectivity index (χ4n) is 3.22. The van der Waals surface area contributed by atoms with E-state index >= 15 is 0 Å². The number of esters is 1. The summed E-state index contributed by atoms with van der Waals surface area (Å²) in [6.07, 6.45) is -6.76. The Hall–Kier alpha value is -2.11. The number of rotatable bonds is 8. The van der Waals surface area contributed by atoms with Gasteiger partial charge < -0.3 is 39.0 Å². The molecule has 1 aliphatic rings. The lowest BCUT2D eigenvalue weighted by Crippen LogP contribution is -2.59. The molecule has 0 radical (unpaired) electrons. The zero-order chi connectivity index (χ0) is 24.1. The molecule has 0 amide bonds. The van der Waals surface area contributed by atoms with Crippen molar-refractivity contribution in [1.82, 2.24) is 0 Å². The minimum Gasteiger partial charge on any atom is -0.497 e. The fraction of sp³-hybridized carbons (Fsp3) is 0.409. The molecule has 0 bridgehead atoms. The molecule has 2 aromatic carbocycles. The molecule has 3 N–H and O–H groups in total. The summed E-state index contributed by atoms with van der Waals surface area (Å²) in [7, 11) is 2.83. The maximum absolute atomic E-state index is 12.5. The molecule has 1 aliphatic heterocycles. The van der Waals surface area contributed by atoms with Crippen molar-refractivity contribution in [3.63, 3.8) is 0 Å². The van der Waals surface area contributed by atoms with Crippen molar-refractivity contribution in [2.75, 3.05) is 20.8 Å². The number of carbonyl (C=O) groups excluding carboxylic acids is 1. The molecule has 0 unspecified atom stereocenters. The summed E-state index contributed by atoms with van der Waals surface area (Å²) in [6.45, 7) is -0.237. The minimum absolute atomic E-state index is 0.0490. The maximum Gasteiger partial charge on any atom is 0.338 e. The summed E-state index contributed by atoms with van der Waals surface area (Å²) < 4.78 is 26.3. The number of halogens is 2. The monoisotopic (exact) mass is 502 g/mol. The van der Waals surface area contributed by atoms with Crippen LogP contribution >= 0.6 is 23.2 Å². The van der Waals surface area contributed by atoms with E-state index in [0.29, 0.717) is 5.75 Å². The van der Waals surface area contributed by atoms with Crippen molar-refractivity contribution >= 4 is 29.2 Å². The third-order valence-electron chi connectivity index (χ3n) is 5.03. The van der Waals surface area contributed by atoms with E-state index in [9.17, 15) is 20.1 Å². The van der Waals surface area contributed by atoms with Gasteiger partial charge in [-0.1, -0.05) is 35.3 Å². The van der Waals surface area contributed by atoms with Crippen molar-refractivity contribution in [2.24, 2.45) is 0 Å². The van der Waals surface area contributed by atoms with E-state index in [0.717, 1.165) is 5.56 Å². The molecule has 33 heavy (non-hydrogen) atoms. The molecule has 180 valence electrons. The second-order valence-electron chi connectivity index (χ2n) is 7.26. The SMILES string of the molecule is COc1cccc(COc2c(Cl)cc(C(=O)OC[C@H]3O[C@@H](OC)[C@H](O)[C@@H](O)[C@@H]3O)cc2Cl)c1. The molecule has 11 heteroatoms. The van der Waals surface area contributed by atoms with E-state index in [-0.39, 0.29) is 28.0 Å². The van der Waals surface area contributed by atoms with E-state index in [1.165, 1.54) is 19.2 Å². The van der Waals surface area contributed by atoms with Crippen LogP contribution in [-0.4, -0.2) is 72.8 Å². The number of aliphatic hydroxyl groups excluding tert-OH is 3. The van der Waals surface area contributed by atoms with Gasteiger partial charge in [-0.05, 0) is 29.8 Å². The van der Waals surface area contributed by atoms with Gasteiger partial charge in [0.2, 0.25) is 0 Å². The van der Waals surface area contributed by atoms with E-state index in [2.05, 4.69) is 0 Å². The number of ether oxygens (including phenoxy) is 5. The molecule has 1 fully saturated rings. The molecular weight excluding hydrogens is 479 g/mol. The number of methoxy groups -OCH3 is 2. The van der Waals surface area contributed by atoms with Crippen molar-refractivity contribution in [3.8, 4) is 11.5 Å². The van der Waals surface area contributed by atoms with Crippen LogP contribution in [0, 0.1) is 0 Å². The Kier molecular flexibility index (Phi) is 8.77. The van der Waals surface area contributed by atoms with Crippen LogP contribution in [0.15, 0.2) is 36.4 Å². The Balaban J connectivity index is 1.63. The molecule has 3 rings (SSSR count). The fourth-order valence-corrected chi connectivity index (χ4v) is 3.82. The molecule has 2 aromatic rings. The van der Waals surface area contributed by atoms with Gasteiger partial charge in [0.1, 0.15) is 43.4 Å². The quantitative estimate of drug-likeness (QED) is 0.465. The smallest absolute Gasteiger partial charge is 0.338 e. The first-order chi connectivity index (χ1) is 15.7. The molecule has 0 saturated carbocycles. The highest BCUT2D eigenvalue weighted by Gasteiger charge is 2.44. The van der Waals surface area contributed by atoms with Gasteiger partial charge in [0.25, 0.3) is 0 Å². The van der Waals surface area contributed by atoms with Gasteiger partial charge >= 0.3 is 5.97 Å². The van der Waals surface area contributed by atoms with E-state index in [1.807, 2.05) is 12.1 Å². The van der Waals surface area contributed by atoms with Crippen LogP contribution in [0.1, 0.15) is 15.9 Å². The molecule has 0 aliphatic carbocycles. The summed E-state index contributed by atoms with van der Waals surface area (Å²) in [5.74, 6) is 0.0876. The Morgan fingerprint density at radius 1 is 1.03 bits per heavy atom. The summed E-state index contributed by atoms with van der Waals surface area (Å²) >= 11 is 12.5. The summed E-state index contributed by atoms with van der Waals surface area (Å²) in [4.78, 5) is 12.5. The average molecular weight is 503 g/mol. The second-order valence-corrected chi connectivity index (χ2v) is 8.07. The van der Waals surface area contributed by atoms with Gasteiger partial charge in [-0.15, -0.1) is 0 Å². The first kappa shape index (κ1) is 25.5. The molecule has 5 atom stereocenters.